The Bertz CT molecular complexity index is 581. The van der Waals surface area contributed by atoms with Crippen LogP contribution < -0.4 is 10.6 Å². The number of hydrogen-bond donors (Lipinski definition) is 2. The molecule has 2 aromatic rings. The van der Waals surface area contributed by atoms with Gasteiger partial charge in [0.05, 0.1) is 24.8 Å². The van der Waals surface area contributed by atoms with Crippen LogP contribution in [-0.4, -0.2) is 47.6 Å². The van der Waals surface area contributed by atoms with Crippen molar-refractivity contribution in [2.24, 2.45) is 0 Å². The Balaban J connectivity index is 0.00000132. The number of hydrogen-bond acceptors (Lipinski definition) is 4. The number of pyridine rings is 1. The lowest BCUT2D eigenvalue weighted by molar-refractivity contribution is -0.124. The van der Waals surface area contributed by atoms with Gasteiger partial charge in [-0.2, -0.15) is 0 Å². The summed E-state index contributed by atoms with van der Waals surface area (Å²) in [5.41, 5.74) is 1.91. The Labute approximate surface area is 147 Å². The summed E-state index contributed by atoms with van der Waals surface area (Å²) in [6.45, 7) is 2.90. The van der Waals surface area contributed by atoms with E-state index in [1.165, 1.54) is 0 Å². The average Bonchev–Trinajstić information content (AvgIpc) is 2.91. The van der Waals surface area contributed by atoms with Crippen molar-refractivity contribution in [2.45, 2.75) is 18.9 Å². The van der Waals surface area contributed by atoms with Crippen LogP contribution in [0.15, 0.2) is 30.6 Å². The normalized spacial score (nSPS) is 17.1. The van der Waals surface area contributed by atoms with Crippen LogP contribution >= 0.6 is 24.8 Å². The summed E-state index contributed by atoms with van der Waals surface area (Å²) in [5, 5.41) is 6.15. The number of fused-ring (bicyclic) bond motifs is 1. The van der Waals surface area contributed by atoms with E-state index in [0.29, 0.717) is 19.6 Å². The lowest BCUT2D eigenvalue weighted by atomic mass is 10.2. The van der Waals surface area contributed by atoms with Gasteiger partial charge in [-0.1, -0.05) is 6.07 Å². The molecule has 1 unspecified atom stereocenters. The molecule has 0 spiro atoms. The molecule has 0 bridgehead atoms. The molecule has 2 aromatic heterocycles. The molecule has 3 rings (SSSR count). The van der Waals surface area contributed by atoms with Crippen LogP contribution in [-0.2, 0) is 16.0 Å². The minimum Gasteiger partial charge on any atom is -0.375 e. The first-order valence-electron chi connectivity index (χ1n) is 7.33. The number of carbonyl (C=O) groups is 1. The second-order valence-electron chi connectivity index (χ2n) is 5.20. The van der Waals surface area contributed by atoms with Gasteiger partial charge < -0.3 is 19.8 Å². The van der Waals surface area contributed by atoms with Crippen molar-refractivity contribution in [3.05, 3.63) is 36.3 Å². The minimum atomic E-state index is -0.00561. The van der Waals surface area contributed by atoms with Gasteiger partial charge in [0.2, 0.25) is 5.91 Å². The monoisotopic (exact) mass is 360 g/mol. The first-order valence-corrected chi connectivity index (χ1v) is 7.33. The standard InChI is InChI=1S/C15H20N4O2.2ClH/c20-15(9-13-10-16-6-8-21-13)17-5-4-12-11-19-7-2-1-3-14(19)18-12;;/h1-3,7,11,13,16H,4-6,8-10H2,(H,17,20);2*1H. The summed E-state index contributed by atoms with van der Waals surface area (Å²) < 4.78 is 7.50. The number of morpholine rings is 1. The number of aromatic nitrogens is 2. The predicted molar refractivity (Wildman–Crippen MR) is 93.6 cm³/mol. The molecular formula is C15H22Cl2N4O2. The highest BCUT2D eigenvalue weighted by Crippen LogP contribution is 2.05. The highest BCUT2D eigenvalue weighted by molar-refractivity contribution is 5.85. The first-order chi connectivity index (χ1) is 10.3. The number of amides is 1. The quantitative estimate of drug-likeness (QED) is 0.840. The van der Waals surface area contributed by atoms with Crippen LogP contribution in [0.2, 0.25) is 0 Å². The molecule has 8 heteroatoms. The lowest BCUT2D eigenvalue weighted by Crippen LogP contribution is -2.41. The second kappa shape index (κ2) is 9.72. The Morgan fingerprint density at radius 1 is 1.43 bits per heavy atom. The molecule has 1 aliphatic rings. The maximum Gasteiger partial charge on any atom is 0.222 e. The van der Waals surface area contributed by atoms with E-state index in [0.717, 1.165) is 30.9 Å². The van der Waals surface area contributed by atoms with Crippen molar-refractivity contribution in [1.82, 2.24) is 20.0 Å². The molecule has 3 heterocycles. The average molecular weight is 361 g/mol. The van der Waals surface area contributed by atoms with E-state index in [-0.39, 0.29) is 36.8 Å². The number of rotatable bonds is 5. The van der Waals surface area contributed by atoms with E-state index in [1.54, 1.807) is 0 Å². The molecule has 0 aromatic carbocycles. The number of carbonyl (C=O) groups excluding carboxylic acids is 1. The zero-order chi connectivity index (χ0) is 14.5. The summed E-state index contributed by atoms with van der Waals surface area (Å²) in [5.74, 6) is 0.0347. The second-order valence-corrected chi connectivity index (χ2v) is 5.20. The molecular weight excluding hydrogens is 339 g/mol. The largest absolute Gasteiger partial charge is 0.375 e. The molecule has 2 N–H and O–H groups in total. The van der Waals surface area contributed by atoms with Gasteiger partial charge >= 0.3 is 0 Å². The van der Waals surface area contributed by atoms with Gasteiger partial charge in [0.25, 0.3) is 0 Å². The molecule has 1 fully saturated rings. The summed E-state index contributed by atoms with van der Waals surface area (Å²) in [7, 11) is 0. The van der Waals surface area contributed by atoms with E-state index in [1.807, 2.05) is 35.0 Å². The van der Waals surface area contributed by atoms with Crippen LogP contribution in [0, 0.1) is 0 Å². The van der Waals surface area contributed by atoms with Crippen LogP contribution in [0.3, 0.4) is 0 Å². The Hall–Kier alpha value is -1.34. The zero-order valence-electron chi connectivity index (χ0n) is 12.7. The Morgan fingerprint density at radius 2 is 2.30 bits per heavy atom. The van der Waals surface area contributed by atoms with Crippen molar-refractivity contribution in [3.8, 4) is 0 Å². The number of nitrogens with zero attached hydrogens (tertiary/aromatic N) is 2. The molecule has 128 valence electrons. The minimum absolute atomic E-state index is 0. The molecule has 0 radical (unpaired) electrons. The van der Waals surface area contributed by atoms with Gasteiger partial charge in [0.1, 0.15) is 5.65 Å². The highest BCUT2D eigenvalue weighted by Gasteiger charge is 2.16. The maximum absolute atomic E-state index is 11.8. The fourth-order valence-corrected chi connectivity index (χ4v) is 2.47. The van der Waals surface area contributed by atoms with Crippen LogP contribution in [0.1, 0.15) is 12.1 Å². The van der Waals surface area contributed by atoms with Crippen LogP contribution in [0.5, 0.6) is 0 Å². The molecule has 1 aliphatic heterocycles. The molecule has 0 saturated carbocycles. The van der Waals surface area contributed by atoms with E-state index < -0.39 is 0 Å². The number of nitrogens with one attached hydrogen (secondary N) is 2. The van der Waals surface area contributed by atoms with Gasteiger partial charge in [0, 0.05) is 38.4 Å². The fraction of sp³-hybridized carbons (Fsp3) is 0.467. The predicted octanol–water partition coefficient (Wildman–Crippen LogP) is 1.22. The summed E-state index contributed by atoms with van der Waals surface area (Å²) in [6, 6.07) is 5.90. The van der Waals surface area contributed by atoms with Gasteiger partial charge in [-0.3, -0.25) is 4.79 Å². The van der Waals surface area contributed by atoms with Gasteiger partial charge in [0.15, 0.2) is 0 Å². The van der Waals surface area contributed by atoms with Crippen LogP contribution in [0.4, 0.5) is 0 Å². The fourth-order valence-electron chi connectivity index (χ4n) is 2.47. The molecule has 1 saturated heterocycles. The van der Waals surface area contributed by atoms with E-state index >= 15 is 0 Å². The third-order valence-corrected chi connectivity index (χ3v) is 3.53. The summed E-state index contributed by atoms with van der Waals surface area (Å²) in [6.07, 6.45) is 5.11. The van der Waals surface area contributed by atoms with E-state index in [4.69, 9.17) is 4.74 Å². The topological polar surface area (TPSA) is 67.7 Å². The van der Waals surface area contributed by atoms with Gasteiger partial charge in [-0.25, -0.2) is 4.98 Å². The van der Waals surface area contributed by atoms with Crippen molar-refractivity contribution < 1.29 is 9.53 Å². The van der Waals surface area contributed by atoms with Gasteiger partial charge in [-0.05, 0) is 12.1 Å². The number of halogens is 2. The molecule has 0 aliphatic carbocycles. The SMILES string of the molecule is Cl.Cl.O=C(CC1CNCCO1)NCCc1cn2ccccc2n1. The zero-order valence-corrected chi connectivity index (χ0v) is 14.4. The van der Waals surface area contributed by atoms with Crippen molar-refractivity contribution >= 4 is 36.4 Å². The lowest BCUT2D eigenvalue weighted by Gasteiger charge is -2.22. The van der Waals surface area contributed by atoms with Crippen LogP contribution in [0.25, 0.3) is 5.65 Å². The maximum atomic E-state index is 11.8. The molecule has 1 atom stereocenters. The van der Waals surface area contributed by atoms with Gasteiger partial charge in [-0.15, -0.1) is 24.8 Å². The van der Waals surface area contributed by atoms with Crippen molar-refractivity contribution in [1.29, 1.82) is 0 Å². The number of ether oxygens (including phenoxy) is 1. The molecule has 6 nitrogen and oxygen atoms in total. The highest BCUT2D eigenvalue weighted by atomic mass is 35.5. The first kappa shape index (κ1) is 19.7. The third kappa shape index (κ3) is 5.66. The summed E-state index contributed by atoms with van der Waals surface area (Å²) >= 11 is 0. The third-order valence-electron chi connectivity index (χ3n) is 3.53. The van der Waals surface area contributed by atoms with E-state index in [9.17, 15) is 4.79 Å². The number of imidazole rings is 1. The van der Waals surface area contributed by atoms with E-state index in [2.05, 4.69) is 15.6 Å². The Morgan fingerprint density at radius 3 is 3.04 bits per heavy atom. The van der Waals surface area contributed by atoms with Crippen molar-refractivity contribution in [3.63, 3.8) is 0 Å². The molecule has 23 heavy (non-hydrogen) atoms. The Kier molecular flexibility index (Phi) is 8.33. The van der Waals surface area contributed by atoms with Crippen molar-refractivity contribution in [2.75, 3.05) is 26.2 Å². The molecule has 1 amide bonds. The smallest absolute Gasteiger partial charge is 0.222 e. The summed E-state index contributed by atoms with van der Waals surface area (Å²) in [4.78, 5) is 16.3.